The van der Waals surface area contributed by atoms with E-state index >= 15 is 0 Å². The third-order valence-corrected chi connectivity index (χ3v) is 5.77. The molecule has 2 aromatic carbocycles. The molecule has 0 spiro atoms. The molecule has 1 fully saturated rings. The summed E-state index contributed by atoms with van der Waals surface area (Å²) in [6.45, 7) is 3.66. The predicted molar refractivity (Wildman–Crippen MR) is 102 cm³/mol. The van der Waals surface area contributed by atoms with E-state index in [-0.39, 0.29) is 16.4 Å². The van der Waals surface area contributed by atoms with E-state index in [9.17, 15) is 13.2 Å². The molecule has 2 aromatic rings. The Kier molecular flexibility index (Phi) is 5.74. The van der Waals surface area contributed by atoms with Crippen molar-refractivity contribution in [1.29, 1.82) is 0 Å². The van der Waals surface area contributed by atoms with E-state index in [1.54, 1.807) is 12.1 Å². The normalized spacial score (nSPS) is 15.1. The minimum Gasteiger partial charge on any atom is -0.348 e. The number of nitrogens with one attached hydrogen (secondary N) is 1. The molecular weight excluding hydrogens is 348 g/mol. The topological polar surface area (TPSA) is 66.5 Å². The van der Waals surface area contributed by atoms with Crippen LogP contribution < -0.4 is 5.32 Å². The van der Waals surface area contributed by atoms with Gasteiger partial charge in [-0.15, -0.1) is 0 Å². The summed E-state index contributed by atoms with van der Waals surface area (Å²) in [6.07, 6.45) is 3.66. The Balaban J connectivity index is 1.61. The van der Waals surface area contributed by atoms with E-state index in [2.05, 4.69) is 22.3 Å². The van der Waals surface area contributed by atoms with E-state index < -0.39 is 9.84 Å². The van der Waals surface area contributed by atoms with Crippen molar-refractivity contribution < 1.29 is 13.2 Å². The molecule has 0 aliphatic carbocycles. The van der Waals surface area contributed by atoms with E-state index in [4.69, 9.17) is 0 Å². The molecule has 1 saturated heterocycles. The number of benzene rings is 2. The first kappa shape index (κ1) is 18.6. The van der Waals surface area contributed by atoms with Crippen molar-refractivity contribution in [3.05, 3.63) is 65.2 Å². The Morgan fingerprint density at radius 2 is 1.62 bits per heavy atom. The summed E-state index contributed by atoms with van der Waals surface area (Å²) in [5.41, 5.74) is 2.44. The average Bonchev–Trinajstić information content (AvgIpc) is 3.13. The van der Waals surface area contributed by atoms with Gasteiger partial charge < -0.3 is 5.32 Å². The Morgan fingerprint density at radius 1 is 1.00 bits per heavy atom. The molecule has 1 aliphatic rings. The van der Waals surface area contributed by atoms with Gasteiger partial charge in [-0.3, -0.25) is 9.69 Å². The third-order valence-electron chi connectivity index (χ3n) is 4.61. The van der Waals surface area contributed by atoms with Gasteiger partial charge in [0.25, 0.3) is 5.91 Å². The molecule has 1 aliphatic heterocycles. The lowest BCUT2D eigenvalue weighted by Gasteiger charge is -2.15. The number of carbonyl (C=O) groups excluding carboxylic acids is 1. The fourth-order valence-electron chi connectivity index (χ4n) is 3.22. The van der Waals surface area contributed by atoms with Crippen LogP contribution in [-0.4, -0.2) is 38.6 Å². The largest absolute Gasteiger partial charge is 0.348 e. The summed E-state index contributed by atoms with van der Waals surface area (Å²) in [6, 6.07) is 14.5. The first-order chi connectivity index (χ1) is 12.4. The van der Waals surface area contributed by atoms with Crippen LogP contribution >= 0.6 is 0 Å². The highest BCUT2D eigenvalue weighted by atomic mass is 32.2. The molecule has 0 radical (unpaired) electrons. The van der Waals surface area contributed by atoms with Crippen LogP contribution in [0.5, 0.6) is 0 Å². The van der Waals surface area contributed by atoms with Gasteiger partial charge in [-0.1, -0.05) is 36.4 Å². The Labute approximate surface area is 154 Å². The van der Waals surface area contributed by atoms with Crippen LogP contribution in [-0.2, 0) is 22.9 Å². The molecule has 3 rings (SSSR count). The molecule has 1 amide bonds. The maximum Gasteiger partial charge on any atom is 0.252 e. The van der Waals surface area contributed by atoms with Crippen LogP contribution in [0.25, 0.3) is 0 Å². The second-order valence-electron chi connectivity index (χ2n) is 6.75. The van der Waals surface area contributed by atoms with Crippen molar-refractivity contribution in [2.75, 3.05) is 19.3 Å². The molecule has 26 heavy (non-hydrogen) atoms. The lowest BCUT2D eigenvalue weighted by molar-refractivity contribution is 0.0947. The number of hydrogen-bond acceptors (Lipinski definition) is 4. The van der Waals surface area contributed by atoms with Gasteiger partial charge in [0.1, 0.15) is 0 Å². The van der Waals surface area contributed by atoms with Gasteiger partial charge in [0.2, 0.25) is 0 Å². The van der Waals surface area contributed by atoms with E-state index in [1.807, 2.05) is 12.1 Å². The van der Waals surface area contributed by atoms with Crippen LogP contribution in [0.2, 0.25) is 0 Å². The molecule has 0 aromatic heterocycles. The van der Waals surface area contributed by atoms with Crippen LogP contribution in [0.3, 0.4) is 0 Å². The summed E-state index contributed by atoms with van der Waals surface area (Å²) in [7, 11) is -3.44. The third kappa shape index (κ3) is 4.71. The van der Waals surface area contributed by atoms with E-state index in [0.717, 1.165) is 31.5 Å². The molecule has 1 heterocycles. The second-order valence-corrected chi connectivity index (χ2v) is 8.73. The molecule has 6 heteroatoms. The molecular formula is C20H24N2O3S. The highest BCUT2D eigenvalue weighted by molar-refractivity contribution is 7.90. The maximum atomic E-state index is 12.4. The quantitative estimate of drug-likeness (QED) is 0.846. The smallest absolute Gasteiger partial charge is 0.252 e. The maximum absolute atomic E-state index is 12.4. The number of hydrogen-bond donors (Lipinski definition) is 1. The summed E-state index contributed by atoms with van der Waals surface area (Å²) in [4.78, 5) is 14.9. The summed E-state index contributed by atoms with van der Waals surface area (Å²) < 4.78 is 23.7. The SMILES string of the molecule is CS(=O)(=O)c1ccccc1C(=O)NCc1ccc(CN2CCCC2)cc1. The van der Waals surface area contributed by atoms with E-state index in [0.29, 0.717) is 6.54 Å². The Hall–Kier alpha value is -2.18. The molecule has 0 bridgehead atoms. The minimum atomic E-state index is -3.44. The molecule has 0 unspecified atom stereocenters. The van der Waals surface area contributed by atoms with E-state index in [1.165, 1.54) is 30.5 Å². The lowest BCUT2D eigenvalue weighted by Crippen LogP contribution is -2.24. The van der Waals surface area contributed by atoms with Gasteiger partial charge in [0.05, 0.1) is 10.5 Å². The minimum absolute atomic E-state index is 0.0541. The number of sulfone groups is 1. The van der Waals surface area contributed by atoms with Crippen molar-refractivity contribution in [3.63, 3.8) is 0 Å². The van der Waals surface area contributed by atoms with Gasteiger partial charge in [-0.25, -0.2) is 8.42 Å². The summed E-state index contributed by atoms with van der Waals surface area (Å²) >= 11 is 0. The Morgan fingerprint density at radius 3 is 2.27 bits per heavy atom. The van der Waals surface area contributed by atoms with Crippen molar-refractivity contribution in [2.24, 2.45) is 0 Å². The summed E-state index contributed by atoms with van der Waals surface area (Å²) in [5.74, 6) is -0.382. The molecule has 1 N–H and O–H groups in total. The second kappa shape index (κ2) is 8.01. The average molecular weight is 372 g/mol. The highest BCUT2D eigenvalue weighted by Gasteiger charge is 2.17. The van der Waals surface area contributed by atoms with Gasteiger partial charge >= 0.3 is 0 Å². The molecule has 138 valence electrons. The number of rotatable bonds is 6. The highest BCUT2D eigenvalue weighted by Crippen LogP contribution is 2.16. The van der Waals surface area contributed by atoms with Crippen molar-refractivity contribution in [2.45, 2.75) is 30.8 Å². The van der Waals surface area contributed by atoms with Crippen LogP contribution in [0.1, 0.15) is 34.3 Å². The van der Waals surface area contributed by atoms with Gasteiger partial charge in [0, 0.05) is 19.3 Å². The Bertz CT molecular complexity index is 870. The molecule has 0 saturated carbocycles. The number of nitrogens with zero attached hydrogens (tertiary/aromatic N) is 1. The molecule has 0 atom stereocenters. The predicted octanol–water partition coefficient (Wildman–Crippen LogP) is 2.62. The molecule has 5 nitrogen and oxygen atoms in total. The zero-order valence-electron chi connectivity index (χ0n) is 14.9. The van der Waals surface area contributed by atoms with Crippen molar-refractivity contribution in [1.82, 2.24) is 10.2 Å². The van der Waals surface area contributed by atoms with Gasteiger partial charge in [-0.2, -0.15) is 0 Å². The number of likely N-dealkylation sites (tertiary alicyclic amines) is 1. The fourth-order valence-corrected chi connectivity index (χ4v) is 4.10. The zero-order valence-corrected chi connectivity index (χ0v) is 15.8. The number of amides is 1. The van der Waals surface area contributed by atoms with Gasteiger partial charge in [-0.05, 0) is 49.2 Å². The fraction of sp³-hybridized carbons (Fsp3) is 0.350. The van der Waals surface area contributed by atoms with Crippen molar-refractivity contribution in [3.8, 4) is 0 Å². The standard InChI is InChI=1S/C20H24N2O3S/c1-26(24,25)19-7-3-2-6-18(19)20(23)21-14-16-8-10-17(11-9-16)15-22-12-4-5-13-22/h2-3,6-11H,4-5,12-15H2,1H3,(H,21,23). The monoisotopic (exact) mass is 372 g/mol. The van der Waals surface area contributed by atoms with Crippen LogP contribution in [0, 0.1) is 0 Å². The first-order valence-electron chi connectivity index (χ1n) is 8.81. The summed E-state index contributed by atoms with van der Waals surface area (Å²) in [5, 5.41) is 2.81. The van der Waals surface area contributed by atoms with Crippen LogP contribution in [0.15, 0.2) is 53.4 Å². The first-order valence-corrected chi connectivity index (χ1v) is 10.7. The lowest BCUT2D eigenvalue weighted by atomic mass is 10.1. The van der Waals surface area contributed by atoms with Gasteiger partial charge in [0.15, 0.2) is 9.84 Å². The van der Waals surface area contributed by atoms with Crippen LogP contribution in [0.4, 0.5) is 0 Å². The number of carbonyl (C=O) groups is 1. The van der Waals surface area contributed by atoms with Crippen molar-refractivity contribution >= 4 is 15.7 Å². The zero-order chi connectivity index (χ0) is 18.6.